The minimum atomic E-state index is -1.12. The van der Waals surface area contributed by atoms with Crippen LogP contribution in [-0.4, -0.2) is 30.1 Å². The van der Waals surface area contributed by atoms with Crippen LogP contribution in [0.2, 0.25) is 0 Å². The van der Waals surface area contributed by atoms with Gasteiger partial charge in [0.1, 0.15) is 6.04 Å². The van der Waals surface area contributed by atoms with Crippen molar-refractivity contribution >= 4 is 11.9 Å². The molecule has 0 bridgehead atoms. The number of carbonyl (C=O) groups is 2. The van der Waals surface area contributed by atoms with Gasteiger partial charge in [0, 0.05) is 13.5 Å². The molecule has 0 radical (unpaired) electrons. The monoisotopic (exact) mass is 290 g/mol. The van der Waals surface area contributed by atoms with Crippen LogP contribution in [0.15, 0.2) is 30.3 Å². The second kappa shape index (κ2) is 8.72. The molecule has 0 aromatic heterocycles. The first-order chi connectivity index (χ1) is 10.1. The first-order valence-corrected chi connectivity index (χ1v) is 6.58. The Balaban J connectivity index is 2.71. The second-order valence-corrected chi connectivity index (χ2v) is 4.48. The molecule has 112 valence electrons. The molecule has 0 aliphatic heterocycles. The fraction of sp³-hybridized carbons (Fsp3) is 0.400. The van der Waals surface area contributed by atoms with E-state index < -0.39 is 24.0 Å². The first kappa shape index (κ1) is 16.7. The quantitative estimate of drug-likeness (QED) is 0.709. The SMILES string of the molecule is CO[C@@H](C(=O)N[C@H](CCCC#N)C(=O)O)c1ccccc1. The van der Waals surface area contributed by atoms with Crippen LogP contribution in [0.5, 0.6) is 0 Å². The van der Waals surface area contributed by atoms with Gasteiger partial charge in [-0.25, -0.2) is 4.79 Å². The van der Waals surface area contributed by atoms with Crippen molar-refractivity contribution in [3.63, 3.8) is 0 Å². The molecule has 0 aliphatic carbocycles. The van der Waals surface area contributed by atoms with Crippen LogP contribution in [0.1, 0.15) is 30.9 Å². The number of amides is 1. The first-order valence-electron chi connectivity index (χ1n) is 6.58. The van der Waals surface area contributed by atoms with Crippen molar-refractivity contribution in [3.8, 4) is 6.07 Å². The van der Waals surface area contributed by atoms with Crippen molar-refractivity contribution in [2.24, 2.45) is 0 Å². The molecule has 0 unspecified atom stereocenters. The number of aliphatic carboxylic acids is 1. The van der Waals surface area contributed by atoms with Gasteiger partial charge in [-0.15, -0.1) is 0 Å². The molecular weight excluding hydrogens is 272 g/mol. The minimum Gasteiger partial charge on any atom is -0.480 e. The van der Waals surface area contributed by atoms with E-state index in [0.29, 0.717) is 12.0 Å². The number of nitrogens with zero attached hydrogens (tertiary/aromatic N) is 1. The lowest BCUT2D eigenvalue weighted by molar-refractivity contribution is -0.144. The predicted octanol–water partition coefficient (Wildman–Crippen LogP) is 1.64. The lowest BCUT2D eigenvalue weighted by Gasteiger charge is -2.19. The van der Waals surface area contributed by atoms with E-state index in [4.69, 9.17) is 15.1 Å². The van der Waals surface area contributed by atoms with Crippen molar-refractivity contribution in [1.82, 2.24) is 5.32 Å². The molecule has 1 rings (SSSR count). The average Bonchev–Trinajstić information content (AvgIpc) is 2.48. The normalized spacial score (nSPS) is 13.0. The van der Waals surface area contributed by atoms with E-state index in [1.807, 2.05) is 12.1 Å². The Bertz CT molecular complexity index is 510. The summed E-state index contributed by atoms with van der Waals surface area (Å²) in [5, 5.41) is 20.0. The molecule has 6 heteroatoms. The second-order valence-electron chi connectivity index (χ2n) is 4.48. The highest BCUT2D eigenvalue weighted by molar-refractivity contribution is 5.87. The van der Waals surface area contributed by atoms with Crippen molar-refractivity contribution < 1.29 is 19.4 Å². The number of unbranched alkanes of at least 4 members (excludes halogenated alkanes) is 1. The largest absolute Gasteiger partial charge is 0.480 e. The molecule has 0 heterocycles. The number of hydrogen-bond acceptors (Lipinski definition) is 4. The zero-order valence-electron chi connectivity index (χ0n) is 11.8. The summed E-state index contributed by atoms with van der Waals surface area (Å²) in [6.07, 6.45) is 0.0202. The Morgan fingerprint density at radius 1 is 1.38 bits per heavy atom. The Morgan fingerprint density at radius 3 is 2.57 bits per heavy atom. The van der Waals surface area contributed by atoms with Gasteiger partial charge in [0.15, 0.2) is 6.10 Å². The van der Waals surface area contributed by atoms with Gasteiger partial charge in [0.05, 0.1) is 6.07 Å². The van der Waals surface area contributed by atoms with Gasteiger partial charge in [-0.1, -0.05) is 30.3 Å². The third-order valence-electron chi connectivity index (χ3n) is 2.97. The van der Waals surface area contributed by atoms with Gasteiger partial charge in [-0.05, 0) is 18.4 Å². The molecule has 21 heavy (non-hydrogen) atoms. The average molecular weight is 290 g/mol. The molecule has 1 amide bonds. The van der Waals surface area contributed by atoms with E-state index in [2.05, 4.69) is 5.32 Å². The summed E-state index contributed by atoms with van der Waals surface area (Å²) in [6.45, 7) is 0. The number of nitriles is 1. The van der Waals surface area contributed by atoms with Crippen LogP contribution in [0, 0.1) is 11.3 Å². The summed E-state index contributed by atoms with van der Waals surface area (Å²) in [6, 6.07) is 9.76. The number of ether oxygens (including phenoxy) is 1. The molecule has 1 aromatic carbocycles. The lowest BCUT2D eigenvalue weighted by atomic mass is 10.1. The highest BCUT2D eigenvalue weighted by Gasteiger charge is 2.25. The molecule has 1 aromatic rings. The van der Waals surface area contributed by atoms with Crippen molar-refractivity contribution in [2.45, 2.75) is 31.4 Å². The minimum absolute atomic E-state index is 0.208. The van der Waals surface area contributed by atoms with Crippen molar-refractivity contribution in [2.75, 3.05) is 7.11 Å². The van der Waals surface area contributed by atoms with Crippen LogP contribution >= 0.6 is 0 Å². The van der Waals surface area contributed by atoms with E-state index in [1.165, 1.54) is 7.11 Å². The van der Waals surface area contributed by atoms with Gasteiger partial charge in [0.2, 0.25) is 0 Å². The summed E-state index contributed by atoms with van der Waals surface area (Å²) in [7, 11) is 1.39. The zero-order chi connectivity index (χ0) is 15.7. The number of carboxylic acids is 1. The smallest absolute Gasteiger partial charge is 0.326 e. The summed E-state index contributed by atoms with van der Waals surface area (Å²) in [5.41, 5.74) is 0.652. The number of rotatable bonds is 8. The molecule has 0 saturated carbocycles. The van der Waals surface area contributed by atoms with Gasteiger partial charge >= 0.3 is 5.97 Å². The fourth-order valence-electron chi connectivity index (χ4n) is 1.91. The Hall–Kier alpha value is -2.39. The third-order valence-corrected chi connectivity index (χ3v) is 2.97. The van der Waals surface area contributed by atoms with Crippen LogP contribution in [0.25, 0.3) is 0 Å². The lowest BCUT2D eigenvalue weighted by Crippen LogP contribution is -2.43. The van der Waals surface area contributed by atoms with Crippen molar-refractivity contribution in [1.29, 1.82) is 5.26 Å². The number of nitrogens with one attached hydrogen (secondary N) is 1. The van der Waals surface area contributed by atoms with E-state index >= 15 is 0 Å². The maximum Gasteiger partial charge on any atom is 0.326 e. The van der Waals surface area contributed by atoms with Crippen molar-refractivity contribution in [3.05, 3.63) is 35.9 Å². The molecule has 2 N–H and O–H groups in total. The van der Waals surface area contributed by atoms with Gasteiger partial charge in [0.25, 0.3) is 5.91 Å². The fourth-order valence-corrected chi connectivity index (χ4v) is 1.91. The zero-order valence-corrected chi connectivity index (χ0v) is 11.8. The maximum atomic E-state index is 12.2. The summed E-state index contributed by atoms with van der Waals surface area (Å²) < 4.78 is 5.15. The topological polar surface area (TPSA) is 99.4 Å². The molecule has 0 fully saturated rings. The van der Waals surface area contributed by atoms with Gasteiger partial charge in [-0.3, -0.25) is 4.79 Å². The summed E-state index contributed by atoms with van der Waals surface area (Å²) in [5.74, 6) is -1.63. The Labute approximate surface area is 123 Å². The van der Waals surface area contributed by atoms with E-state index in [9.17, 15) is 9.59 Å². The van der Waals surface area contributed by atoms with Crippen LogP contribution < -0.4 is 5.32 Å². The highest BCUT2D eigenvalue weighted by atomic mass is 16.5. The molecular formula is C15H18N2O4. The number of benzene rings is 1. The Kier molecular flexibility index (Phi) is 6.92. The third kappa shape index (κ3) is 5.24. The number of carbonyl (C=O) groups excluding carboxylic acids is 1. The summed E-state index contributed by atoms with van der Waals surface area (Å²) >= 11 is 0. The highest BCUT2D eigenvalue weighted by Crippen LogP contribution is 2.16. The number of carboxylic acid groups (broad SMARTS) is 1. The van der Waals surface area contributed by atoms with E-state index in [0.717, 1.165) is 0 Å². The Morgan fingerprint density at radius 2 is 2.05 bits per heavy atom. The van der Waals surface area contributed by atoms with Crippen LogP contribution in [0.4, 0.5) is 0 Å². The molecule has 0 spiro atoms. The van der Waals surface area contributed by atoms with Gasteiger partial charge < -0.3 is 15.2 Å². The standard InChI is InChI=1S/C15H18N2O4/c1-21-13(11-7-3-2-4-8-11)14(18)17-12(15(19)20)9-5-6-10-16/h2-4,7-8,12-13H,5-6,9H2,1H3,(H,17,18)(H,19,20)/t12-,13-/m1/s1. The van der Waals surface area contributed by atoms with Crippen LogP contribution in [0.3, 0.4) is 0 Å². The molecule has 6 nitrogen and oxygen atoms in total. The van der Waals surface area contributed by atoms with E-state index in [1.54, 1.807) is 24.3 Å². The number of hydrogen-bond donors (Lipinski definition) is 2. The number of methoxy groups -OCH3 is 1. The van der Waals surface area contributed by atoms with E-state index in [-0.39, 0.29) is 12.8 Å². The molecule has 0 aliphatic rings. The van der Waals surface area contributed by atoms with Gasteiger partial charge in [-0.2, -0.15) is 5.26 Å². The summed E-state index contributed by atoms with van der Waals surface area (Å²) in [4.78, 5) is 23.3. The molecule has 2 atom stereocenters. The van der Waals surface area contributed by atoms with Crippen LogP contribution in [-0.2, 0) is 14.3 Å². The maximum absolute atomic E-state index is 12.2. The molecule has 0 saturated heterocycles. The predicted molar refractivity (Wildman–Crippen MR) is 75.2 cm³/mol.